The summed E-state index contributed by atoms with van der Waals surface area (Å²) in [7, 11) is 0. The van der Waals surface area contributed by atoms with E-state index in [1.54, 1.807) is 36.9 Å². The Hall–Kier alpha value is -3.05. The quantitative estimate of drug-likeness (QED) is 0.375. The maximum atomic E-state index is 12.6. The smallest absolute Gasteiger partial charge is 0.338 e. The van der Waals surface area contributed by atoms with Crippen LogP contribution in [-0.4, -0.2) is 18.5 Å². The molecule has 0 unspecified atom stereocenters. The molecular weight excluding hydrogens is 394 g/mol. The van der Waals surface area contributed by atoms with Gasteiger partial charge in [0.2, 0.25) is 0 Å². The first-order valence-electron chi connectivity index (χ1n) is 9.84. The zero-order valence-electron chi connectivity index (χ0n) is 17.4. The summed E-state index contributed by atoms with van der Waals surface area (Å²) in [5.41, 5.74) is 4.95. The van der Waals surface area contributed by atoms with Crippen LogP contribution in [0, 0.1) is 13.8 Å². The second kappa shape index (κ2) is 10.1. The summed E-state index contributed by atoms with van der Waals surface area (Å²) in [6.45, 7) is 6.03. The van der Waals surface area contributed by atoms with Crippen LogP contribution in [0.5, 0.6) is 0 Å². The fraction of sp³-hybridized carbons (Fsp3) is 0.200. The predicted octanol–water partition coefficient (Wildman–Crippen LogP) is 6.02. The molecule has 3 rings (SSSR count). The maximum Gasteiger partial charge on any atom is 0.338 e. The third kappa shape index (κ3) is 5.74. The summed E-state index contributed by atoms with van der Waals surface area (Å²) >= 11 is 1.77. The minimum Gasteiger partial charge on any atom is -0.462 e. The van der Waals surface area contributed by atoms with Crippen molar-refractivity contribution in [3.8, 4) is 0 Å². The molecule has 5 heteroatoms. The Morgan fingerprint density at radius 3 is 2.20 bits per heavy atom. The Morgan fingerprint density at radius 2 is 1.57 bits per heavy atom. The molecule has 4 nitrogen and oxygen atoms in total. The number of hydrogen-bond donors (Lipinski definition) is 1. The normalized spacial score (nSPS) is 10.5. The number of carbonyl (C=O) groups excluding carboxylic acids is 2. The van der Waals surface area contributed by atoms with Crippen molar-refractivity contribution in [3.05, 3.63) is 94.5 Å². The van der Waals surface area contributed by atoms with Gasteiger partial charge in [0.1, 0.15) is 0 Å². The maximum absolute atomic E-state index is 12.6. The Bertz CT molecular complexity index is 1030. The average molecular weight is 420 g/mol. The summed E-state index contributed by atoms with van der Waals surface area (Å²) in [5.74, 6) is 0.302. The van der Waals surface area contributed by atoms with Crippen molar-refractivity contribution in [1.82, 2.24) is 0 Å². The molecule has 0 aliphatic heterocycles. The van der Waals surface area contributed by atoms with Gasteiger partial charge in [0.05, 0.1) is 12.2 Å². The number of esters is 1. The lowest BCUT2D eigenvalue weighted by atomic mass is 10.1. The van der Waals surface area contributed by atoms with Gasteiger partial charge in [-0.15, -0.1) is 11.8 Å². The second-order valence-corrected chi connectivity index (χ2v) is 8.05. The van der Waals surface area contributed by atoms with Crippen LogP contribution < -0.4 is 5.32 Å². The first kappa shape index (κ1) is 21.7. The molecule has 0 aromatic heterocycles. The fourth-order valence-electron chi connectivity index (χ4n) is 2.89. The van der Waals surface area contributed by atoms with Crippen molar-refractivity contribution in [3.63, 3.8) is 0 Å². The van der Waals surface area contributed by atoms with Gasteiger partial charge in [0.15, 0.2) is 0 Å². The lowest BCUT2D eigenvalue weighted by Gasteiger charge is -2.10. The summed E-state index contributed by atoms with van der Waals surface area (Å²) < 4.78 is 5.01. The van der Waals surface area contributed by atoms with Crippen LogP contribution in [-0.2, 0) is 10.5 Å². The van der Waals surface area contributed by atoms with E-state index in [1.807, 2.05) is 31.2 Å². The van der Waals surface area contributed by atoms with Gasteiger partial charge in [-0.1, -0.05) is 29.8 Å². The average Bonchev–Trinajstić information content (AvgIpc) is 2.75. The van der Waals surface area contributed by atoms with Crippen molar-refractivity contribution in [1.29, 1.82) is 0 Å². The molecule has 0 aliphatic rings. The van der Waals surface area contributed by atoms with Crippen LogP contribution in [0.4, 0.5) is 5.69 Å². The number of aryl methyl sites for hydroxylation is 2. The highest BCUT2D eigenvalue weighted by molar-refractivity contribution is 7.98. The van der Waals surface area contributed by atoms with Gasteiger partial charge in [-0.3, -0.25) is 4.79 Å². The van der Waals surface area contributed by atoms with Crippen LogP contribution >= 0.6 is 11.8 Å². The van der Waals surface area contributed by atoms with Crippen molar-refractivity contribution < 1.29 is 14.3 Å². The number of amides is 1. The van der Waals surface area contributed by atoms with Crippen LogP contribution in [0.3, 0.4) is 0 Å². The minimum absolute atomic E-state index is 0.181. The van der Waals surface area contributed by atoms with E-state index in [-0.39, 0.29) is 11.9 Å². The Labute approximate surface area is 181 Å². The van der Waals surface area contributed by atoms with Crippen molar-refractivity contribution in [2.75, 3.05) is 11.9 Å². The molecule has 0 bridgehead atoms. The van der Waals surface area contributed by atoms with Crippen molar-refractivity contribution in [2.24, 2.45) is 0 Å². The number of anilines is 1. The Morgan fingerprint density at radius 1 is 0.900 bits per heavy atom. The van der Waals surface area contributed by atoms with E-state index in [9.17, 15) is 9.59 Å². The number of hydrogen-bond acceptors (Lipinski definition) is 4. The van der Waals surface area contributed by atoms with Gasteiger partial charge in [-0.05, 0) is 74.4 Å². The molecule has 0 fully saturated rings. The van der Waals surface area contributed by atoms with E-state index in [1.165, 1.54) is 10.5 Å². The van der Waals surface area contributed by atoms with E-state index >= 15 is 0 Å². The Balaban J connectivity index is 1.60. The molecule has 0 heterocycles. The third-order valence-corrected chi connectivity index (χ3v) is 5.71. The van der Waals surface area contributed by atoms with Gasteiger partial charge >= 0.3 is 5.97 Å². The van der Waals surface area contributed by atoms with E-state index in [4.69, 9.17) is 4.74 Å². The monoisotopic (exact) mass is 419 g/mol. The standard InChI is InChI=1S/C25H25NO3S/c1-4-29-25(28)21-11-14-23(18(3)15-21)26-24(27)20-9-7-19(8-10-20)16-30-22-12-5-17(2)6-13-22/h5-15H,4,16H2,1-3H3,(H,26,27). The van der Waals surface area contributed by atoms with Crippen molar-refractivity contribution in [2.45, 2.75) is 31.4 Å². The third-order valence-electron chi connectivity index (χ3n) is 4.63. The van der Waals surface area contributed by atoms with Gasteiger partial charge in [0, 0.05) is 21.9 Å². The van der Waals surface area contributed by atoms with Crippen LogP contribution in [0.15, 0.2) is 71.6 Å². The van der Waals surface area contributed by atoms with Crippen LogP contribution in [0.2, 0.25) is 0 Å². The van der Waals surface area contributed by atoms with Gasteiger partial charge < -0.3 is 10.1 Å². The molecule has 0 radical (unpaired) electrons. The van der Waals surface area contributed by atoms with E-state index in [0.29, 0.717) is 23.4 Å². The second-order valence-electron chi connectivity index (χ2n) is 7.00. The van der Waals surface area contributed by atoms with Gasteiger partial charge in [0.25, 0.3) is 5.91 Å². The van der Waals surface area contributed by atoms with E-state index in [0.717, 1.165) is 16.9 Å². The molecule has 0 saturated heterocycles. The van der Waals surface area contributed by atoms with Gasteiger partial charge in [-0.2, -0.15) is 0 Å². The topological polar surface area (TPSA) is 55.4 Å². The minimum atomic E-state index is -0.363. The molecule has 3 aromatic rings. The number of benzene rings is 3. The number of thioether (sulfide) groups is 1. The first-order chi connectivity index (χ1) is 14.5. The number of carbonyl (C=O) groups is 2. The van der Waals surface area contributed by atoms with Crippen molar-refractivity contribution >= 4 is 29.3 Å². The number of ether oxygens (including phenoxy) is 1. The van der Waals surface area contributed by atoms with Gasteiger partial charge in [-0.25, -0.2) is 4.79 Å². The molecule has 1 amide bonds. The molecule has 0 aliphatic carbocycles. The zero-order valence-corrected chi connectivity index (χ0v) is 18.2. The zero-order chi connectivity index (χ0) is 21.5. The molecule has 154 valence electrons. The summed E-state index contributed by atoms with van der Waals surface area (Å²) in [4.78, 5) is 25.7. The molecule has 30 heavy (non-hydrogen) atoms. The highest BCUT2D eigenvalue weighted by Crippen LogP contribution is 2.23. The first-order valence-corrected chi connectivity index (χ1v) is 10.8. The molecular formula is C25H25NO3S. The fourth-order valence-corrected chi connectivity index (χ4v) is 3.75. The lowest BCUT2D eigenvalue weighted by Crippen LogP contribution is -2.13. The number of rotatable bonds is 7. The summed E-state index contributed by atoms with van der Waals surface area (Å²) in [5, 5.41) is 2.91. The molecule has 1 N–H and O–H groups in total. The highest BCUT2D eigenvalue weighted by atomic mass is 32.2. The number of nitrogens with one attached hydrogen (secondary N) is 1. The molecule has 0 atom stereocenters. The largest absolute Gasteiger partial charge is 0.462 e. The molecule has 0 spiro atoms. The predicted molar refractivity (Wildman–Crippen MR) is 122 cm³/mol. The lowest BCUT2D eigenvalue weighted by molar-refractivity contribution is 0.0526. The summed E-state index contributed by atoms with van der Waals surface area (Å²) in [6.07, 6.45) is 0. The molecule has 3 aromatic carbocycles. The summed E-state index contributed by atoms with van der Waals surface area (Å²) in [6, 6.07) is 21.2. The highest BCUT2D eigenvalue weighted by Gasteiger charge is 2.11. The van der Waals surface area contributed by atoms with E-state index in [2.05, 4.69) is 36.5 Å². The molecule has 0 saturated carbocycles. The SMILES string of the molecule is CCOC(=O)c1ccc(NC(=O)c2ccc(CSc3ccc(C)cc3)cc2)c(C)c1. The Kier molecular flexibility index (Phi) is 7.31. The van der Waals surface area contributed by atoms with Crippen LogP contribution in [0.25, 0.3) is 0 Å². The van der Waals surface area contributed by atoms with E-state index < -0.39 is 0 Å². The van der Waals surface area contributed by atoms with Crippen LogP contribution in [0.1, 0.15) is 44.3 Å².